The maximum Gasteiger partial charge on any atom is 0.170 e. The number of aromatic nitrogens is 4. The molecule has 1 atom stereocenters. The molecule has 0 amide bonds. The average Bonchev–Trinajstić information content (AvgIpc) is 2.87. The number of tetrazole rings is 1. The molecular weight excluding hydrogens is 318 g/mol. The highest BCUT2D eigenvalue weighted by atomic mass is 79.9. The lowest BCUT2D eigenvalue weighted by Gasteiger charge is -2.30. The first-order chi connectivity index (χ1) is 9.74. The summed E-state index contributed by atoms with van der Waals surface area (Å²) >= 11 is 3.56. The predicted molar refractivity (Wildman–Crippen MR) is 80.5 cm³/mol. The first kappa shape index (κ1) is 13.7. The second-order valence-corrected chi connectivity index (χ2v) is 6.30. The molecule has 5 nitrogen and oxygen atoms in total. The zero-order valence-electron chi connectivity index (χ0n) is 11.5. The van der Waals surface area contributed by atoms with E-state index in [9.17, 15) is 0 Å². The summed E-state index contributed by atoms with van der Waals surface area (Å²) in [4.78, 5) is 2.44. The summed E-state index contributed by atoms with van der Waals surface area (Å²) in [6, 6.07) is 8.00. The Hall–Kier alpha value is -1.27. The van der Waals surface area contributed by atoms with Gasteiger partial charge in [0.2, 0.25) is 0 Å². The van der Waals surface area contributed by atoms with Crippen molar-refractivity contribution < 1.29 is 0 Å². The average molecular weight is 336 g/mol. The number of rotatable bonds is 3. The van der Waals surface area contributed by atoms with Gasteiger partial charge in [-0.2, -0.15) is 4.68 Å². The van der Waals surface area contributed by atoms with Crippen LogP contribution in [0.5, 0.6) is 0 Å². The van der Waals surface area contributed by atoms with E-state index in [0.717, 1.165) is 41.5 Å². The minimum Gasteiger partial charge on any atom is -0.296 e. The van der Waals surface area contributed by atoms with Gasteiger partial charge in [-0.25, -0.2) is 0 Å². The molecule has 0 N–H and O–H groups in total. The summed E-state index contributed by atoms with van der Waals surface area (Å²) < 4.78 is 2.82. The van der Waals surface area contributed by atoms with Crippen molar-refractivity contribution in [3.63, 3.8) is 0 Å². The van der Waals surface area contributed by atoms with Crippen LogP contribution in [0.1, 0.15) is 25.6 Å². The standard InChI is InChI=1S/C14H18BrN5/c1-11-5-4-8-19(9-11)10-14-16-17-18-20(14)13-7-3-2-6-12(13)15/h2-3,6-7,11H,4-5,8-10H2,1H3. The highest BCUT2D eigenvalue weighted by Gasteiger charge is 2.19. The van der Waals surface area contributed by atoms with E-state index in [1.807, 2.05) is 28.9 Å². The quantitative estimate of drug-likeness (QED) is 0.865. The van der Waals surface area contributed by atoms with Crippen molar-refractivity contribution in [2.45, 2.75) is 26.3 Å². The van der Waals surface area contributed by atoms with Gasteiger partial charge in [-0.3, -0.25) is 4.90 Å². The van der Waals surface area contributed by atoms with Gasteiger partial charge in [0.15, 0.2) is 5.82 Å². The van der Waals surface area contributed by atoms with Crippen LogP contribution in [0.15, 0.2) is 28.7 Å². The van der Waals surface area contributed by atoms with Crippen molar-refractivity contribution in [3.8, 4) is 5.69 Å². The Bertz CT molecular complexity index is 582. The van der Waals surface area contributed by atoms with Crippen molar-refractivity contribution in [3.05, 3.63) is 34.6 Å². The van der Waals surface area contributed by atoms with E-state index in [-0.39, 0.29) is 0 Å². The van der Waals surface area contributed by atoms with Crippen molar-refractivity contribution >= 4 is 15.9 Å². The molecule has 0 spiro atoms. The van der Waals surface area contributed by atoms with E-state index in [4.69, 9.17) is 0 Å². The van der Waals surface area contributed by atoms with Crippen molar-refractivity contribution in [1.82, 2.24) is 25.1 Å². The van der Waals surface area contributed by atoms with E-state index in [1.54, 1.807) is 0 Å². The highest BCUT2D eigenvalue weighted by molar-refractivity contribution is 9.10. The van der Waals surface area contributed by atoms with Gasteiger partial charge in [0.25, 0.3) is 0 Å². The van der Waals surface area contributed by atoms with Crippen LogP contribution >= 0.6 is 15.9 Å². The Morgan fingerprint density at radius 1 is 1.35 bits per heavy atom. The molecule has 1 aliphatic rings. The van der Waals surface area contributed by atoms with Gasteiger partial charge >= 0.3 is 0 Å². The molecule has 1 unspecified atom stereocenters. The van der Waals surface area contributed by atoms with Crippen LogP contribution in [0.25, 0.3) is 5.69 Å². The molecule has 6 heteroatoms. The SMILES string of the molecule is CC1CCCN(Cc2nnnn2-c2ccccc2Br)C1. The van der Waals surface area contributed by atoms with Gasteiger partial charge in [-0.1, -0.05) is 19.1 Å². The number of piperidine rings is 1. The summed E-state index contributed by atoms with van der Waals surface area (Å²) in [5.74, 6) is 1.66. The fourth-order valence-corrected chi connectivity index (χ4v) is 3.20. The Morgan fingerprint density at radius 3 is 3.00 bits per heavy atom. The molecule has 1 saturated heterocycles. The summed E-state index contributed by atoms with van der Waals surface area (Å²) in [5, 5.41) is 12.2. The molecule has 2 heterocycles. The number of nitrogens with zero attached hydrogens (tertiary/aromatic N) is 5. The lowest BCUT2D eigenvalue weighted by Crippen LogP contribution is -2.34. The van der Waals surface area contributed by atoms with E-state index in [1.165, 1.54) is 12.8 Å². The third kappa shape index (κ3) is 2.91. The second kappa shape index (κ2) is 6.01. The Balaban J connectivity index is 1.82. The van der Waals surface area contributed by atoms with Crippen LogP contribution in [0.2, 0.25) is 0 Å². The van der Waals surface area contributed by atoms with Crippen molar-refractivity contribution in [2.75, 3.05) is 13.1 Å². The summed E-state index contributed by atoms with van der Waals surface area (Å²) in [5.41, 5.74) is 0.984. The Morgan fingerprint density at radius 2 is 2.20 bits per heavy atom. The van der Waals surface area contributed by atoms with Crippen molar-refractivity contribution in [2.24, 2.45) is 5.92 Å². The van der Waals surface area contributed by atoms with Crippen LogP contribution in [0.4, 0.5) is 0 Å². The van der Waals surface area contributed by atoms with Crippen LogP contribution in [0.3, 0.4) is 0 Å². The van der Waals surface area contributed by atoms with E-state index in [0.29, 0.717) is 0 Å². The monoisotopic (exact) mass is 335 g/mol. The fraction of sp³-hybridized carbons (Fsp3) is 0.500. The van der Waals surface area contributed by atoms with Crippen LogP contribution in [0, 0.1) is 5.92 Å². The molecule has 0 aliphatic carbocycles. The van der Waals surface area contributed by atoms with Gasteiger partial charge in [0.05, 0.1) is 12.2 Å². The minimum atomic E-state index is 0.761. The Kier molecular flexibility index (Phi) is 4.12. The number of hydrogen-bond acceptors (Lipinski definition) is 4. The molecule has 0 saturated carbocycles. The molecule has 1 aromatic heterocycles. The van der Waals surface area contributed by atoms with Crippen molar-refractivity contribution in [1.29, 1.82) is 0 Å². The van der Waals surface area contributed by atoms with E-state index in [2.05, 4.69) is 43.3 Å². The summed E-state index contributed by atoms with van der Waals surface area (Å²) in [7, 11) is 0. The molecular formula is C14H18BrN5. The number of hydrogen-bond donors (Lipinski definition) is 0. The second-order valence-electron chi connectivity index (χ2n) is 5.44. The first-order valence-corrected chi connectivity index (χ1v) is 7.78. The molecule has 1 aromatic carbocycles. The van der Waals surface area contributed by atoms with E-state index < -0.39 is 0 Å². The van der Waals surface area contributed by atoms with Gasteiger partial charge < -0.3 is 0 Å². The molecule has 106 valence electrons. The van der Waals surface area contributed by atoms with Crippen LogP contribution < -0.4 is 0 Å². The number of halogens is 1. The summed E-state index contributed by atoms with van der Waals surface area (Å²) in [6.45, 7) is 5.37. The normalized spacial score (nSPS) is 20.2. The van der Waals surface area contributed by atoms with Crippen LogP contribution in [-0.2, 0) is 6.54 Å². The lowest BCUT2D eigenvalue weighted by atomic mass is 10.0. The van der Waals surface area contributed by atoms with Gasteiger partial charge in [-0.15, -0.1) is 5.10 Å². The smallest absolute Gasteiger partial charge is 0.170 e. The topological polar surface area (TPSA) is 46.8 Å². The lowest BCUT2D eigenvalue weighted by molar-refractivity contribution is 0.171. The maximum absolute atomic E-state index is 4.19. The maximum atomic E-state index is 4.19. The third-order valence-electron chi connectivity index (χ3n) is 3.72. The predicted octanol–water partition coefficient (Wildman–Crippen LogP) is 2.66. The zero-order valence-corrected chi connectivity index (χ0v) is 13.1. The van der Waals surface area contributed by atoms with Gasteiger partial charge in [-0.05, 0) is 63.8 Å². The molecule has 0 radical (unpaired) electrons. The zero-order chi connectivity index (χ0) is 13.9. The number of likely N-dealkylation sites (tertiary alicyclic amines) is 1. The molecule has 2 aromatic rings. The molecule has 3 rings (SSSR count). The molecule has 20 heavy (non-hydrogen) atoms. The van der Waals surface area contributed by atoms with E-state index >= 15 is 0 Å². The Labute approximate surface area is 127 Å². The highest BCUT2D eigenvalue weighted by Crippen LogP contribution is 2.22. The third-order valence-corrected chi connectivity index (χ3v) is 4.39. The van der Waals surface area contributed by atoms with Crippen LogP contribution in [-0.4, -0.2) is 38.2 Å². The number of para-hydroxylation sites is 1. The van der Waals surface area contributed by atoms with Gasteiger partial charge in [0, 0.05) is 11.0 Å². The fourth-order valence-electron chi connectivity index (χ4n) is 2.75. The molecule has 1 aliphatic heterocycles. The first-order valence-electron chi connectivity index (χ1n) is 6.98. The number of benzene rings is 1. The molecule has 1 fully saturated rings. The molecule has 0 bridgehead atoms. The minimum absolute atomic E-state index is 0.761. The largest absolute Gasteiger partial charge is 0.296 e. The van der Waals surface area contributed by atoms with Gasteiger partial charge in [0.1, 0.15) is 0 Å². The summed E-state index contributed by atoms with van der Waals surface area (Å²) in [6.07, 6.45) is 2.59.